The van der Waals surface area contributed by atoms with Crippen molar-refractivity contribution < 1.29 is 9.59 Å². The first-order valence-electron chi connectivity index (χ1n) is 16.1. The Morgan fingerprint density at radius 2 is 1.41 bits per heavy atom. The van der Waals surface area contributed by atoms with Gasteiger partial charge >= 0.3 is 0 Å². The average Bonchev–Trinajstić information content (AvgIpc) is 3.62. The van der Waals surface area contributed by atoms with E-state index in [2.05, 4.69) is 45.1 Å². The van der Waals surface area contributed by atoms with Crippen LogP contribution in [0.4, 0.5) is 0 Å². The first-order chi connectivity index (χ1) is 21.4. The van der Waals surface area contributed by atoms with Crippen LogP contribution in [0.5, 0.6) is 0 Å². The van der Waals surface area contributed by atoms with Gasteiger partial charge < -0.3 is 14.7 Å². The monoisotopic (exact) mass is 704 g/mol. The summed E-state index contributed by atoms with van der Waals surface area (Å²) in [6, 6.07) is 20.0. The minimum Gasteiger partial charge on any atom is -0.342 e. The molecule has 0 saturated carbocycles. The molecule has 0 aliphatic carbocycles. The molecule has 2 amide bonds. The number of hydrogen-bond donors (Lipinski definition) is 0. The minimum absolute atomic E-state index is 0. The van der Waals surface area contributed by atoms with E-state index >= 15 is 0 Å². The van der Waals surface area contributed by atoms with Crippen molar-refractivity contribution in [1.29, 1.82) is 0 Å². The fourth-order valence-corrected chi connectivity index (χ4v) is 8.10. The first-order valence-corrected chi connectivity index (χ1v) is 16.9. The number of benzene rings is 2. The van der Waals surface area contributed by atoms with Gasteiger partial charge in [-0.15, -0.1) is 24.8 Å². The number of halogens is 4. The number of pyridine rings is 1. The molecule has 1 atom stereocenters. The van der Waals surface area contributed by atoms with E-state index in [1.165, 1.54) is 0 Å². The molecule has 3 aliphatic rings. The summed E-state index contributed by atoms with van der Waals surface area (Å²) in [4.78, 5) is 38.2. The second-order valence-electron chi connectivity index (χ2n) is 12.9. The molecule has 0 N–H and O–H groups in total. The summed E-state index contributed by atoms with van der Waals surface area (Å²) in [5, 5.41) is 1.10. The summed E-state index contributed by atoms with van der Waals surface area (Å²) >= 11 is 12.9. The number of carbonyl (C=O) groups excluding carboxylic acids is 2. The summed E-state index contributed by atoms with van der Waals surface area (Å²) in [6.07, 6.45) is 11.1. The van der Waals surface area contributed by atoms with Crippen LogP contribution in [-0.4, -0.2) is 77.3 Å². The van der Waals surface area contributed by atoms with E-state index in [1.807, 2.05) is 23.1 Å². The third-order valence-electron chi connectivity index (χ3n) is 10.3. The number of rotatable bonds is 8. The molecule has 3 aromatic rings. The van der Waals surface area contributed by atoms with Gasteiger partial charge in [0.1, 0.15) is 0 Å². The Bertz CT molecular complexity index is 1450. The Hall–Kier alpha value is -2.35. The number of piperidine rings is 2. The zero-order valence-electron chi connectivity index (χ0n) is 26.2. The Kier molecular flexibility index (Phi) is 12.8. The maximum absolute atomic E-state index is 13.9. The molecular weight excluding hydrogens is 662 g/mol. The van der Waals surface area contributed by atoms with Gasteiger partial charge in [0.25, 0.3) is 5.91 Å². The standard InChI is InChI=1S/C36H42Cl2N4O2.2ClH/c37-31-11-10-30(26-32(31)38)35(15-7-23-42(27-35)33(43)28-12-18-39-19-13-28)14-6-20-40-24-16-36(17-25-40,29-8-2-1-3-9-29)34(44)41-21-4-5-22-41;;/h1-3,8-13,18-19,26H,4-7,14-17,20-25,27H2;2*1H. The molecule has 0 bridgehead atoms. The van der Waals surface area contributed by atoms with Gasteiger partial charge in [0, 0.05) is 49.6 Å². The highest BCUT2D eigenvalue weighted by Gasteiger charge is 2.45. The Balaban J connectivity index is 0.00000240. The van der Waals surface area contributed by atoms with E-state index in [1.54, 1.807) is 24.5 Å². The van der Waals surface area contributed by atoms with Crippen LogP contribution in [0.15, 0.2) is 73.1 Å². The zero-order valence-corrected chi connectivity index (χ0v) is 29.4. The zero-order chi connectivity index (χ0) is 30.6. The van der Waals surface area contributed by atoms with Gasteiger partial charge in [-0.3, -0.25) is 14.6 Å². The summed E-state index contributed by atoms with van der Waals surface area (Å²) in [5.74, 6) is 0.369. The van der Waals surface area contributed by atoms with Crippen molar-refractivity contribution in [3.63, 3.8) is 0 Å². The Morgan fingerprint density at radius 1 is 0.739 bits per heavy atom. The van der Waals surface area contributed by atoms with Crippen molar-refractivity contribution in [3.05, 3.63) is 99.8 Å². The van der Waals surface area contributed by atoms with Gasteiger partial charge in [-0.1, -0.05) is 59.6 Å². The summed E-state index contributed by atoms with van der Waals surface area (Å²) in [5.41, 5.74) is 2.35. The largest absolute Gasteiger partial charge is 0.342 e. The maximum atomic E-state index is 13.9. The Labute approximate surface area is 295 Å². The smallest absolute Gasteiger partial charge is 0.253 e. The number of carbonyl (C=O) groups is 2. The van der Waals surface area contributed by atoms with Gasteiger partial charge in [-0.25, -0.2) is 0 Å². The molecule has 3 fully saturated rings. The fourth-order valence-electron chi connectivity index (χ4n) is 7.80. The third kappa shape index (κ3) is 7.68. The number of amides is 2. The molecule has 10 heteroatoms. The average molecular weight is 707 g/mol. The van der Waals surface area contributed by atoms with Crippen LogP contribution >= 0.6 is 48.0 Å². The van der Waals surface area contributed by atoms with Gasteiger partial charge in [0.2, 0.25) is 5.91 Å². The lowest BCUT2D eigenvalue weighted by molar-refractivity contribution is -0.138. The lowest BCUT2D eigenvalue weighted by Crippen LogP contribution is -2.52. The fraction of sp³-hybridized carbons (Fsp3) is 0.472. The van der Waals surface area contributed by atoms with E-state index in [-0.39, 0.29) is 36.1 Å². The van der Waals surface area contributed by atoms with Gasteiger partial charge in [0.05, 0.1) is 15.5 Å². The van der Waals surface area contributed by atoms with E-state index < -0.39 is 5.41 Å². The van der Waals surface area contributed by atoms with E-state index in [4.69, 9.17) is 23.2 Å². The molecule has 1 unspecified atom stereocenters. The highest BCUT2D eigenvalue weighted by molar-refractivity contribution is 6.42. The van der Waals surface area contributed by atoms with E-state index in [0.29, 0.717) is 28.1 Å². The summed E-state index contributed by atoms with van der Waals surface area (Å²) in [6.45, 7) is 5.92. The molecule has 4 heterocycles. The van der Waals surface area contributed by atoms with Crippen molar-refractivity contribution in [2.45, 2.75) is 62.2 Å². The number of nitrogens with zero attached hydrogens (tertiary/aromatic N) is 4. The molecule has 46 heavy (non-hydrogen) atoms. The minimum atomic E-state index is -0.430. The van der Waals surface area contributed by atoms with E-state index in [0.717, 1.165) is 102 Å². The second-order valence-corrected chi connectivity index (χ2v) is 13.7. The molecule has 248 valence electrons. The van der Waals surface area contributed by atoms with Crippen molar-refractivity contribution in [3.8, 4) is 0 Å². The highest BCUT2D eigenvalue weighted by atomic mass is 35.5. The summed E-state index contributed by atoms with van der Waals surface area (Å²) < 4.78 is 0. The molecule has 2 aromatic carbocycles. The van der Waals surface area contributed by atoms with Crippen molar-refractivity contribution in [1.82, 2.24) is 19.7 Å². The topological polar surface area (TPSA) is 56.8 Å². The molecule has 1 aromatic heterocycles. The molecule has 3 saturated heterocycles. The van der Waals surface area contributed by atoms with Crippen LogP contribution in [0.2, 0.25) is 10.0 Å². The Morgan fingerprint density at radius 3 is 2.09 bits per heavy atom. The molecule has 6 nitrogen and oxygen atoms in total. The summed E-state index contributed by atoms with van der Waals surface area (Å²) in [7, 11) is 0. The number of aromatic nitrogens is 1. The molecule has 0 spiro atoms. The van der Waals surface area contributed by atoms with Crippen LogP contribution in [0, 0.1) is 0 Å². The first kappa shape index (κ1) is 36.5. The SMILES string of the molecule is Cl.Cl.O=C(c1ccncc1)N1CCCC(CCCN2CCC(C(=O)N3CCCC3)(c3ccccc3)CC2)(c2ccc(Cl)c(Cl)c2)C1. The lowest BCUT2D eigenvalue weighted by atomic mass is 9.70. The predicted octanol–water partition coefficient (Wildman–Crippen LogP) is 7.84. The highest BCUT2D eigenvalue weighted by Crippen LogP contribution is 2.42. The van der Waals surface area contributed by atoms with Crippen LogP contribution in [0.3, 0.4) is 0 Å². The molecule has 3 aliphatic heterocycles. The number of hydrogen-bond acceptors (Lipinski definition) is 4. The third-order valence-corrected chi connectivity index (χ3v) is 11.0. The lowest BCUT2D eigenvalue weighted by Gasteiger charge is -2.45. The van der Waals surface area contributed by atoms with Crippen molar-refractivity contribution in [2.24, 2.45) is 0 Å². The predicted molar refractivity (Wildman–Crippen MR) is 191 cm³/mol. The quantitative estimate of drug-likeness (QED) is 0.240. The van der Waals surface area contributed by atoms with E-state index in [9.17, 15) is 9.59 Å². The van der Waals surface area contributed by atoms with Crippen molar-refractivity contribution in [2.75, 3.05) is 45.8 Å². The van der Waals surface area contributed by atoms with Gasteiger partial charge in [0.15, 0.2) is 0 Å². The van der Waals surface area contributed by atoms with Crippen LogP contribution in [0.1, 0.15) is 72.9 Å². The number of likely N-dealkylation sites (tertiary alicyclic amines) is 3. The van der Waals surface area contributed by atoms with Gasteiger partial charge in [-0.05, 0) is 106 Å². The van der Waals surface area contributed by atoms with Crippen LogP contribution in [0.25, 0.3) is 0 Å². The van der Waals surface area contributed by atoms with Crippen molar-refractivity contribution >= 4 is 59.8 Å². The van der Waals surface area contributed by atoms with Crippen LogP contribution in [-0.2, 0) is 15.6 Å². The maximum Gasteiger partial charge on any atom is 0.253 e. The van der Waals surface area contributed by atoms with Gasteiger partial charge in [-0.2, -0.15) is 0 Å². The normalized spacial score (nSPS) is 21.3. The molecule has 0 radical (unpaired) electrons. The molecule has 6 rings (SSSR count). The molecular formula is C36H44Cl4N4O2. The second kappa shape index (κ2) is 16.2. The van der Waals surface area contributed by atoms with Crippen LogP contribution < -0.4 is 0 Å².